The molecule has 0 aromatic heterocycles. The van der Waals surface area contributed by atoms with Gasteiger partial charge in [-0.05, 0) is 92.4 Å². The topological polar surface area (TPSA) is 9.23 Å². The molecule has 0 spiro atoms. The predicted molar refractivity (Wildman–Crippen MR) is 98.7 cm³/mol. The summed E-state index contributed by atoms with van der Waals surface area (Å²) < 4.78 is 40.7. The fourth-order valence-corrected chi connectivity index (χ4v) is 4.55. The molecule has 1 atom stereocenters. The minimum absolute atomic E-state index is 0.160. The summed E-state index contributed by atoms with van der Waals surface area (Å²) in [5, 5.41) is 0. The Morgan fingerprint density at radius 1 is 1.00 bits per heavy atom. The Morgan fingerprint density at radius 2 is 1.69 bits per heavy atom. The van der Waals surface area contributed by atoms with Crippen LogP contribution in [0.2, 0.25) is 0 Å². The largest absolute Gasteiger partial charge is 0.573 e. The molecule has 0 bridgehead atoms. The fraction of sp³-hybridized carbons (Fsp3) is 0.545. The minimum Gasteiger partial charge on any atom is -0.406 e. The van der Waals surface area contributed by atoms with Crippen LogP contribution in [0.3, 0.4) is 0 Å². The lowest BCUT2D eigenvalue weighted by atomic mass is 9.70. The SMILES string of the molecule is C=CCC1CCC(C2CC=C(c3ccc(OC(F)(F)F)cc3)CC2)CC1. The van der Waals surface area contributed by atoms with Crippen molar-refractivity contribution in [2.75, 3.05) is 0 Å². The second-order valence-corrected chi connectivity index (χ2v) is 7.64. The molecule has 0 N–H and O–H groups in total. The summed E-state index contributed by atoms with van der Waals surface area (Å²) in [5.41, 5.74) is 2.26. The quantitative estimate of drug-likeness (QED) is 0.504. The number of alkyl halides is 3. The van der Waals surface area contributed by atoms with E-state index in [1.807, 2.05) is 6.08 Å². The van der Waals surface area contributed by atoms with Crippen LogP contribution >= 0.6 is 0 Å². The Labute approximate surface area is 153 Å². The standard InChI is InChI=1S/C22H27F3O/c1-2-3-16-4-6-17(7-5-16)18-8-10-19(11-9-18)20-12-14-21(15-13-20)26-22(23,24)25/h2,10,12-18H,1,3-9,11H2. The molecule has 1 aromatic carbocycles. The van der Waals surface area contributed by atoms with Crippen molar-refractivity contribution in [2.24, 2.45) is 17.8 Å². The van der Waals surface area contributed by atoms with Crippen LogP contribution in [0.5, 0.6) is 5.75 Å². The van der Waals surface area contributed by atoms with Crippen LogP contribution in [0.4, 0.5) is 13.2 Å². The van der Waals surface area contributed by atoms with E-state index in [4.69, 9.17) is 0 Å². The predicted octanol–water partition coefficient (Wildman–Crippen LogP) is 7.15. The van der Waals surface area contributed by atoms with E-state index in [1.165, 1.54) is 49.8 Å². The zero-order valence-corrected chi connectivity index (χ0v) is 15.1. The molecule has 3 rings (SSSR count). The maximum Gasteiger partial charge on any atom is 0.573 e. The van der Waals surface area contributed by atoms with Crippen molar-refractivity contribution < 1.29 is 17.9 Å². The molecule has 0 radical (unpaired) electrons. The smallest absolute Gasteiger partial charge is 0.406 e. The summed E-state index contributed by atoms with van der Waals surface area (Å²) in [7, 11) is 0. The number of ether oxygens (including phenoxy) is 1. The monoisotopic (exact) mass is 364 g/mol. The summed E-state index contributed by atoms with van der Waals surface area (Å²) in [5.74, 6) is 2.26. The highest BCUT2D eigenvalue weighted by Gasteiger charge is 2.31. The van der Waals surface area contributed by atoms with E-state index in [-0.39, 0.29) is 5.75 Å². The maximum atomic E-state index is 12.2. The summed E-state index contributed by atoms with van der Waals surface area (Å²) in [6.07, 6.45) is 9.45. The molecule has 0 heterocycles. The molecule has 4 heteroatoms. The Kier molecular flexibility index (Phi) is 6.10. The van der Waals surface area contributed by atoms with Gasteiger partial charge >= 0.3 is 6.36 Å². The van der Waals surface area contributed by atoms with E-state index in [0.717, 1.165) is 42.6 Å². The lowest BCUT2D eigenvalue weighted by Crippen LogP contribution is -2.23. The fourth-order valence-electron chi connectivity index (χ4n) is 4.55. The molecule has 0 aliphatic heterocycles. The average Bonchev–Trinajstić information content (AvgIpc) is 2.62. The van der Waals surface area contributed by atoms with Crippen LogP contribution in [-0.2, 0) is 0 Å². The lowest BCUT2D eigenvalue weighted by Gasteiger charge is -2.35. The van der Waals surface area contributed by atoms with Gasteiger partial charge in [0.1, 0.15) is 5.75 Å². The van der Waals surface area contributed by atoms with Gasteiger partial charge in [0.25, 0.3) is 0 Å². The number of allylic oxidation sites excluding steroid dienone is 3. The Hall–Kier alpha value is -1.71. The van der Waals surface area contributed by atoms with E-state index in [0.29, 0.717) is 0 Å². The van der Waals surface area contributed by atoms with Crippen LogP contribution in [0.1, 0.15) is 56.9 Å². The molecule has 1 aromatic rings. The molecular formula is C22H27F3O. The van der Waals surface area contributed by atoms with Crippen LogP contribution in [0, 0.1) is 17.8 Å². The molecule has 142 valence electrons. The normalized spacial score (nSPS) is 26.9. The van der Waals surface area contributed by atoms with Gasteiger partial charge in [-0.1, -0.05) is 24.3 Å². The van der Waals surface area contributed by atoms with Crippen LogP contribution in [-0.4, -0.2) is 6.36 Å². The maximum absolute atomic E-state index is 12.2. The molecule has 0 amide bonds. The van der Waals surface area contributed by atoms with E-state index in [9.17, 15) is 13.2 Å². The molecule has 2 aliphatic carbocycles. The summed E-state index contributed by atoms with van der Waals surface area (Å²) in [6.45, 7) is 3.85. The number of hydrogen-bond donors (Lipinski definition) is 0. The highest BCUT2D eigenvalue weighted by Crippen LogP contribution is 2.42. The van der Waals surface area contributed by atoms with Crippen LogP contribution in [0.25, 0.3) is 5.57 Å². The van der Waals surface area contributed by atoms with Gasteiger partial charge in [-0.3, -0.25) is 0 Å². The molecule has 26 heavy (non-hydrogen) atoms. The van der Waals surface area contributed by atoms with E-state index in [2.05, 4.69) is 17.4 Å². The van der Waals surface area contributed by atoms with Gasteiger partial charge in [0.15, 0.2) is 0 Å². The van der Waals surface area contributed by atoms with Gasteiger partial charge in [0.05, 0.1) is 0 Å². The molecule has 0 saturated heterocycles. The summed E-state index contributed by atoms with van der Waals surface area (Å²) in [6, 6.07) is 6.26. The van der Waals surface area contributed by atoms with Crippen molar-refractivity contribution in [3.63, 3.8) is 0 Å². The van der Waals surface area contributed by atoms with Gasteiger partial charge in [-0.15, -0.1) is 19.8 Å². The lowest BCUT2D eigenvalue weighted by molar-refractivity contribution is -0.274. The number of rotatable bonds is 5. The van der Waals surface area contributed by atoms with Gasteiger partial charge < -0.3 is 4.74 Å². The summed E-state index contributed by atoms with van der Waals surface area (Å²) >= 11 is 0. The van der Waals surface area contributed by atoms with Crippen molar-refractivity contribution in [1.82, 2.24) is 0 Å². The van der Waals surface area contributed by atoms with Crippen LogP contribution in [0.15, 0.2) is 43.0 Å². The Balaban J connectivity index is 1.54. The molecule has 1 unspecified atom stereocenters. The first-order valence-corrected chi connectivity index (χ1v) is 9.60. The molecule has 2 aliphatic rings. The number of halogens is 3. The van der Waals surface area contributed by atoms with Crippen molar-refractivity contribution in [3.8, 4) is 5.75 Å². The van der Waals surface area contributed by atoms with Gasteiger partial charge in [-0.25, -0.2) is 0 Å². The second-order valence-electron chi connectivity index (χ2n) is 7.64. The zero-order valence-electron chi connectivity index (χ0n) is 15.1. The third-order valence-corrected chi connectivity index (χ3v) is 5.97. The Bertz CT molecular complexity index is 622. The average molecular weight is 364 g/mol. The van der Waals surface area contributed by atoms with Crippen LogP contribution < -0.4 is 4.74 Å². The molecule has 1 nitrogen and oxygen atoms in total. The second kappa shape index (κ2) is 8.32. The first-order chi connectivity index (χ1) is 12.4. The van der Waals surface area contributed by atoms with Gasteiger partial charge in [-0.2, -0.15) is 0 Å². The minimum atomic E-state index is -4.64. The van der Waals surface area contributed by atoms with E-state index >= 15 is 0 Å². The van der Waals surface area contributed by atoms with Gasteiger partial charge in [0, 0.05) is 0 Å². The van der Waals surface area contributed by atoms with Crippen molar-refractivity contribution in [2.45, 2.75) is 57.7 Å². The first-order valence-electron chi connectivity index (χ1n) is 9.60. The molecule has 1 saturated carbocycles. The zero-order chi connectivity index (χ0) is 18.6. The number of hydrogen-bond acceptors (Lipinski definition) is 1. The molecular weight excluding hydrogens is 337 g/mol. The van der Waals surface area contributed by atoms with E-state index < -0.39 is 6.36 Å². The number of benzene rings is 1. The van der Waals surface area contributed by atoms with Crippen molar-refractivity contribution in [3.05, 3.63) is 48.6 Å². The van der Waals surface area contributed by atoms with Crippen molar-refractivity contribution in [1.29, 1.82) is 0 Å². The Morgan fingerprint density at radius 3 is 2.23 bits per heavy atom. The highest BCUT2D eigenvalue weighted by molar-refractivity contribution is 5.66. The van der Waals surface area contributed by atoms with E-state index in [1.54, 1.807) is 12.1 Å². The van der Waals surface area contributed by atoms with Crippen molar-refractivity contribution >= 4 is 5.57 Å². The first kappa shape index (κ1) is 19.1. The third-order valence-electron chi connectivity index (χ3n) is 5.97. The molecule has 1 fully saturated rings. The highest BCUT2D eigenvalue weighted by atomic mass is 19.4. The third kappa shape index (κ3) is 5.15. The summed E-state index contributed by atoms with van der Waals surface area (Å²) in [4.78, 5) is 0. The van der Waals surface area contributed by atoms with Gasteiger partial charge in [0.2, 0.25) is 0 Å².